The van der Waals surface area contributed by atoms with Crippen molar-refractivity contribution in [1.29, 1.82) is 0 Å². The number of carbonyl (C=O) groups is 4. The number of benzene rings is 8. The number of nitrogens with zero attached hydrogens (tertiary/aromatic N) is 4. The number of amides is 4. The quantitative estimate of drug-likeness (QED) is 0.162. The van der Waals surface area contributed by atoms with Crippen LogP contribution in [-0.2, 0) is 0 Å². The summed E-state index contributed by atoms with van der Waals surface area (Å²) in [6, 6.07) is 51.4. The molecule has 64 heavy (non-hydrogen) atoms. The monoisotopic (exact) mass is 830 g/mol. The van der Waals surface area contributed by atoms with Crippen molar-refractivity contribution < 1.29 is 19.2 Å². The van der Waals surface area contributed by atoms with Gasteiger partial charge in [-0.1, -0.05) is 84.9 Å². The summed E-state index contributed by atoms with van der Waals surface area (Å²) in [6.45, 7) is 7.69. The van der Waals surface area contributed by atoms with Crippen molar-refractivity contribution in [3.63, 3.8) is 0 Å². The second-order valence-electron chi connectivity index (χ2n) is 16.9. The Balaban J connectivity index is 0.901. The molecule has 0 saturated carbocycles. The van der Waals surface area contributed by atoms with Gasteiger partial charge in [0.05, 0.1) is 67.1 Å². The van der Waals surface area contributed by atoms with E-state index in [0.717, 1.165) is 77.0 Å². The fourth-order valence-corrected chi connectivity index (χ4v) is 10.6. The molecule has 8 aromatic carbocycles. The van der Waals surface area contributed by atoms with Gasteiger partial charge in [-0.2, -0.15) is 0 Å². The van der Waals surface area contributed by atoms with Crippen LogP contribution in [-0.4, -0.2) is 32.8 Å². The van der Waals surface area contributed by atoms with Crippen LogP contribution in [0, 0.1) is 27.7 Å². The van der Waals surface area contributed by atoms with Crippen LogP contribution in [0.5, 0.6) is 0 Å². The Bertz CT molecular complexity index is 3380. The maximum Gasteiger partial charge on any atom is 0.268 e. The lowest BCUT2D eigenvalue weighted by molar-refractivity contribution is 0.0910. The number of fused-ring (bicyclic) bond motifs is 8. The minimum Gasteiger partial charge on any atom is -0.308 e. The van der Waals surface area contributed by atoms with Gasteiger partial charge in [-0.15, -0.1) is 0 Å². The Morgan fingerprint density at radius 2 is 0.625 bits per heavy atom. The minimum atomic E-state index is -0.366. The summed E-state index contributed by atoms with van der Waals surface area (Å²) in [5, 5.41) is 4.27. The van der Waals surface area contributed by atoms with Crippen molar-refractivity contribution in [3.8, 4) is 22.5 Å². The molecule has 8 heteroatoms. The Morgan fingerprint density at radius 3 is 0.938 bits per heavy atom. The number of aromatic nitrogens is 2. The van der Waals surface area contributed by atoms with E-state index >= 15 is 0 Å². The summed E-state index contributed by atoms with van der Waals surface area (Å²) in [7, 11) is 0. The summed E-state index contributed by atoms with van der Waals surface area (Å²) in [4.78, 5) is 60.7. The van der Waals surface area contributed by atoms with Gasteiger partial charge in [0.2, 0.25) is 0 Å². The molecule has 4 amide bonds. The van der Waals surface area contributed by atoms with Crippen LogP contribution in [0.25, 0.3) is 66.1 Å². The lowest BCUT2D eigenvalue weighted by Crippen LogP contribution is -2.31. The molecule has 2 aliphatic rings. The zero-order valence-electron chi connectivity index (χ0n) is 35.4. The number of aryl methyl sites for hydroxylation is 4. The maximum atomic E-state index is 14.7. The molecule has 8 nitrogen and oxygen atoms in total. The van der Waals surface area contributed by atoms with Gasteiger partial charge in [-0.05, 0) is 134 Å². The number of hydrogen-bond acceptors (Lipinski definition) is 4. The van der Waals surface area contributed by atoms with Gasteiger partial charge in [-0.25, -0.2) is 9.80 Å². The van der Waals surface area contributed by atoms with Crippen LogP contribution in [0.4, 0.5) is 11.4 Å². The highest BCUT2D eigenvalue weighted by Crippen LogP contribution is 2.43. The smallest absolute Gasteiger partial charge is 0.268 e. The Labute approximate surface area is 367 Å². The molecule has 0 saturated heterocycles. The summed E-state index contributed by atoms with van der Waals surface area (Å²) in [5.74, 6) is -1.45. The fraction of sp³-hybridized carbons (Fsp3) is 0.0714. The van der Waals surface area contributed by atoms with E-state index in [1.165, 1.54) is 9.80 Å². The summed E-state index contributed by atoms with van der Waals surface area (Å²) in [5.41, 5.74) is 12.6. The van der Waals surface area contributed by atoms with Crippen molar-refractivity contribution in [2.45, 2.75) is 27.7 Å². The topological polar surface area (TPSA) is 84.6 Å². The highest BCUT2D eigenvalue weighted by Gasteiger charge is 2.42. The van der Waals surface area contributed by atoms with Crippen molar-refractivity contribution in [3.05, 3.63) is 202 Å². The molecule has 0 spiro atoms. The van der Waals surface area contributed by atoms with Crippen LogP contribution < -0.4 is 9.80 Å². The number of hydrogen-bond donors (Lipinski definition) is 0. The SMILES string of the molecule is Cc1cc(-c2cc(C)c(N3C(=O)c4cccc(-n5c6ccccc6c6ccccc65)c4C3=O)c(C)c2)cc(C)c1N1C(=O)c2cccc(-n3c4ccccc4c4ccccc43)c2C1=O. The van der Waals surface area contributed by atoms with Crippen LogP contribution in [0.2, 0.25) is 0 Å². The molecule has 0 atom stereocenters. The Hall–Kier alpha value is -8.36. The van der Waals surface area contributed by atoms with Crippen molar-refractivity contribution >= 4 is 78.6 Å². The van der Waals surface area contributed by atoms with E-state index < -0.39 is 0 Å². The molecule has 12 rings (SSSR count). The highest BCUT2D eigenvalue weighted by atomic mass is 16.2. The second-order valence-corrected chi connectivity index (χ2v) is 16.9. The first-order valence-corrected chi connectivity index (χ1v) is 21.4. The number of carbonyl (C=O) groups excluding carboxylic acids is 4. The normalized spacial score (nSPS) is 13.7. The Morgan fingerprint density at radius 1 is 0.328 bits per heavy atom. The van der Waals surface area contributed by atoms with Crippen molar-refractivity contribution in [2.75, 3.05) is 9.80 Å². The molecule has 0 aliphatic carbocycles. The molecule has 0 fully saturated rings. The van der Waals surface area contributed by atoms with Gasteiger partial charge in [0.15, 0.2) is 0 Å². The molecule has 0 radical (unpaired) electrons. The third-order valence-electron chi connectivity index (χ3n) is 13.2. The summed E-state index contributed by atoms with van der Waals surface area (Å²) in [6.07, 6.45) is 0. The second kappa shape index (κ2) is 13.6. The third kappa shape index (κ3) is 5.05. The lowest BCUT2D eigenvalue weighted by atomic mass is 9.94. The van der Waals surface area contributed by atoms with E-state index in [0.29, 0.717) is 45.0 Å². The molecular formula is C56H38N4O4. The lowest BCUT2D eigenvalue weighted by Gasteiger charge is -2.23. The average molecular weight is 831 g/mol. The van der Waals surface area contributed by atoms with Crippen molar-refractivity contribution in [2.24, 2.45) is 0 Å². The summed E-state index contributed by atoms with van der Waals surface area (Å²) >= 11 is 0. The van der Waals surface area contributed by atoms with Gasteiger partial charge in [0.25, 0.3) is 23.6 Å². The molecule has 4 heterocycles. The van der Waals surface area contributed by atoms with E-state index in [1.807, 2.05) is 149 Å². The molecule has 0 bridgehead atoms. The predicted molar refractivity (Wildman–Crippen MR) is 255 cm³/mol. The molecule has 2 aromatic heterocycles. The number of anilines is 2. The van der Waals surface area contributed by atoms with Crippen LogP contribution in [0.3, 0.4) is 0 Å². The molecule has 10 aromatic rings. The Kier molecular flexibility index (Phi) is 7.93. The largest absolute Gasteiger partial charge is 0.308 e. The molecule has 2 aliphatic heterocycles. The van der Waals surface area contributed by atoms with Gasteiger partial charge in [0, 0.05) is 21.5 Å². The number of rotatable bonds is 5. The van der Waals surface area contributed by atoms with Crippen molar-refractivity contribution in [1.82, 2.24) is 9.13 Å². The molecular weight excluding hydrogens is 793 g/mol. The average Bonchev–Trinajstić information content (AvgIpc) is 3.98. The first kappa shape index (κ1) is 37.4. The predicted octanol–water partition coefficient (Wildman–Crippen LogP) is 12.4. The maximum absolute atomic E-state index is 14.7. The van der Waals surface area contributed by atoms with Gasteiger partial charge < -0.3 is 9.13 Å². The van der Waals surface area contributed by atoms with E-state index in [-0.39, 0.29) is 23.6 Å². The molecule has 0 unspecified atom stereocenters. The number of imide groups is 2. The summed E-state index contributed by atoms with van der Waals surface area (Å²) < 4.78 is 4.17. The highest BCUT2D eigenvalue weighted by molar-refractivity contribution is 6.37. The number of para-hydroxylation sites is 4. The van der Waals surface area contributed by atoms with Crippen LogP contribution in [0.1, 0.15) is 63.7 Å². The van der Waals surface area contributed by atoms with E-state index in [9.17, 15) is 19.2 Å². The van der Waals surface area contributed by atoms with Gasteiger partial charge in [-0.3, -0.25) is 19.2 Å². The van der Waals surface area contributed by atoms with Gasteiger partial charge >= 0.3 is 0 Å². The van der Waals surface area contributed by atoms with Crippen LogP contribution in [0.15, 0.2) is 158 Å². The minimum absolute atomic E-state index is 0.361. The molecule has 306 valence electrons. The zero-order chi connectivity index (χ0) is 43.7. The zero-order valence-corrected chi connectivity index (χ0v) is 35.4. The van der Waals surface area contributed by atoms with E-state index in [2.05, 4.69) is 33.4 Å². The first-order valence-electron chi connectivity index (χ1n) is 21.4. The fourth-order valence-electron chi connectivity index (χ4n) is 10.6. The van der Waals surface area contributed by atoms with E-state index in [4.69, 9.17) is 0 Å². The van der Waals surface area contributed by atoms with Gasteiger partial charge in [0.1, 0.15) is 0 Å². The van der Waals surface area contributed by atoms with E-state index in [1.54, 1.807) is 12.1 Å². The third-order valence-corrected chi connectivity index (χ3v) is 13.2. The standard InChI is InChI=1S/C56H38N4O4/c1-31-27-35(28-32(2)51(31)59-53(61)41-19-13-25-47(49(41)55(59)63)57-43-21-9-5-15-37(43)38-16-6-10-22-44(38)57)36-29-33(3)52(34(4)30-36)60-54(62)42-20-14-26-48(50(42)56(60)64)58-45-23-11-7-17-39(45)40-18-8-12-24-46(40)58/h5-30H,1-4H3. The first-order chi connectivity index (χ1) is 31.1. The molecule has 0 N–H and O–H groups in total. The van der Waals surface area contributed by atoms with Crippen LogP contribution >= 0.6 is 0 Å².